The van der Waals surface area contributed by atoms with Crippen LogP contribution in [-0.2, 0) is 4.79 Å². The molecule has 1 rings (SSSR count). The molecule has 3 unspecified atom stereocenters. The van der Waals surface area contributed by atoms with Gasteiger partial charge >= 0.3 is 0 Å². The van der Waals surface area contributed by atoms with Gasteiger partial charge in [-0.3, -0.25) is 9.69 Å². The Labute approximate surface area is 98.8 Å². The van der Waals surface area contributed by atoms with Crippen LogP contribution in [0.5, 0.6) is 0 Å². The summed E-state index contributed by atoms with van der Waals surface area (Å²) in [5.41, 5.74) is 5.88. The van der Waals surface area contributed by atoms with E-state index in [9.17, 15) is 4.79 Å². The molecule has 1 heterocycles. The van der Waals surface area contributed by atoms with Crippen molar-refractivity contribution in [3.8, 4) is 0 Å². The van der Waals surface area contributed by atoms with Crippen LogP contribution in [0, 0.1) is 0 Å². The summed E-state index contributed by atoms with van der Waals surface area (Å²) in [4.78, 5) is 16.3. The average molecular weight is 227 g/mol. The Balaban J connectivity index is 2.57. The summed E-state index contributed by atoms with van der Waals surface area (Å²) in [7, 11) is 2.11. The zero-order valence-corrected chi connectivity index (χ0v) is 10.9. The lowest BCUT2D eigenvalue weighted by Crippen LogP contribution is -2.59. The Morgan fingerprint density at radius 1 is 1.38 bits per heavy atom. The average Bonchev–Trinajstić information content (AvgIpc) is 2.24. The predicted molar refractivity (Wildman–Crippen MR) is 66.2 cm³/mol. The lowest BCUT2D eigenvalue weighted by atomic mass is 10.1. The van der Waals surface area contributed by atoms with Crippen LogP contribution in [0.25, 0.3) is 0 Å². The fraction of sp³-hybridized carbons (Fsp3) is 0.917. The second-order valence-electron chi connectivity index (χ2n) is 5.00. The van der Waals surface area contributed by atoms with E-state index in [4.69, 9.17) is 5.73 Å². The molecule has 0 radical (unpaired) electrons. The lowest BCUT2D eigenvalue weighted by Gasteiger charge is -2.43. The Hall–Kier alpha value is -0.610. The minimum Gasteiger partial charge on any atom is -0.338 e. The highest BCUT2D eigenvalue weighted by Gasteiger charge is 2.31. The number of carbonyl (C=O) groups is 1. The van der Waals surface area contributed by atoms with Gasteiger partial charge in [-0.1, -0.05) is 13.3 Å². The van der Waals surface area contributed by atoms with Gasteiger partial charge in [0.05, 0.1) is 6.04 Å². The molecule has 0 aromatic carbocycles. The van der Waals surface area contributed by atoms with Crippen molar-refractivity contribution in [2.45, 2.75) is 51.7 Å². The Morgan fingerprint density at radius 2 is 1.88 bits per heavy atom. The summed E-state index contributed by atoms with van der Waals surface area (Å²) in [6, 6.07) is 0.524. The maximum atomic E-state index is 12.1. The van der Waals surface area contributed by atoms with E-state index >= 15 is 0 Å². The van der Waals surface area contributed by atoms with E-state index < -0.39 is 0 Å². The van der Waals surface area contributed by atoms with Gasteiger partial charge in [0.2, 0.25) is 5.91 Å². The molecule has 0 aliphatic carbocycles. The molecule has 1 saturated heterocycles. The number of nitrogens with two attached hydrogens (primary N) is 1. The molecular formula is C12H25N3O. The number of carbonyl (C=O) groups excluding carboxylic acids is 1. The van der Waals surface area contributed by atoms with Crippen LogP contribution in [0.2, 0.25) is 0 Å². The third-order valence-corrected chi connectivity index (χ3v) is 3.59. The van der Waals surface area contributed by atoms with Crippen LogP contribution in [-0.4, -0.2) is 54.0 Å². The van der Waals surface area contributed by atoms with Crippen LogP contribution in [0.15, 0.2) is 0 Å². The number of hydrogen-bond acceptors (Lipinski definition) is 3. The van der Waals surface area contributed by atoms with Crippen LogP contribution in [0.4, 0.5) is 0 Å². The van der Waals surface area contributed by atoms with E-state index in [1.807, 2.05) is 4.90 Å². The van der Waals surface area contributed by atoms with Gasteiger partial charge in [0.25, 0.3) is 0 Å². The second kappa shape index (κ2) is 5.64. The van der Waals surface area contributed by atoms with E-state index in [1.54, 1.807) is 0 Å². The topological polar surface area (TPSA) is 49.6 Å². The quantitative estimate of drug-likeness (QED) is 0.771. The van der Waals surface area contributed by atoms with Gasteiger partial charge in [0.1, 0.15) is 0 Å². The van der Waals surface area contributed by atoms with Gasteiger partial charge in [-0.25, -0.2) is 0 Å². The molecule has 94 valence electrons. The Kier molecular flexibility index (Phi) is 4.74. The van der Waals surface area contributed by atoms with E-state index in [2.05, 4.69) is 32.7 Å². The zero-order valence-electron chi connectivity index (χ0n) is 10.9. The van der Waals surface area contributed by atoms with E-state index in [0.29, 0.717) is 12.1 Å². The van der Waals surface area contributed by atoms with Crippen LogP contribution < -0.4 is 5.73 Å². The first kappa shape index (κ1) is 13.5. The molecule has 1 fully saturated rings. The van der Waals surface area contributed by atoms with Crippen molar-refractivity contribution in [1.82, 2.24) is 9.80 Å². The van der Waals surface area contributed by atoms with Crippen molar-refractivity contribution < 1.29 is 4.79 Å². The monoisotopic (exact) mass is 227 g/mol. The van der Waals surface area contributed by atoms with Crippen LogP contribution in [0.1, 0.15) is 33.6 Å². The highest BCUT2D eigenvalue weighted by molar-refractivity contribution is 5.81. The van der Waals surface area contributed by atoms with Gasteiger partial charge < -0.3 is 10.6 Å². The van der Waals surface area contributed by atoms with Crippen molar-refractivity contribution in [2.24, 2.45) is 5.73 Å². The summed E-state index contributed by atoms with van der Waals surface area (Å²) < 4.78 is 0. The highest BCUT2D eigenvalue weighted by atomic mass is 16.2. The number of rotatable bonds is 3. The molecule has 0 aromatic rings. The van der Waals surface area contributed by atoms with Gasteiger partial charge in [-0.2, -0.15) is 0 Å². The van der Waals surface area contributed by atoms with Crippen molar-refractivity contribution in [3.05, 3.63) is 0 Å². The fourth-order valence-corrected chi connectivity index (χ4v) is 2.25. The summed E-state index contributed by atoms with van der Waals surface area (Å²) in [6.07, 6.45) is 1.75. The number of likely N-dealkylation sites (N-methyl/N-ethyl adjacent to an activating group) is 1. The number of nitrogens with zero attached hydrogens (tertiary/aromatic N) is 2. The van der Waals surface area contributed by atoms with Gasteiger partial charge in [-0.05, 0) is 27.3 Å². The van der Waals surface area contributed by atoms with Crippen molar-refractivity contribution >= 4 is 5.91 Å². The minimum absolute atomic E-state index is 0.119. The SMILES string of the molecule is CCCC(N)C(=O)N1CC(C)N(C)C(C)C1. The Bertz CT molecular complexity index is 232. The molecule has 0 spiro atoms. The molecule has 4 heteroatoms. The molecule has 1 aliphatic rings. The first-order valence-corrected chi connectivity index (χ1v) is 6.23. The van der Waals surface area contributed by atoms with Crippen LogP contribution in [0.3, 0.4) is 0 Å². The summed E-state index contributed by atoms with van der Waals surface area (Å²) >= 11 is 0. The highest BCUT2D eigenvalue weighted by Crippen LogP contribution is 2.14. The van der Waals surface area contributed by atoms with E-state index in [1.165, 1.54) is 0 Å². The molecule has 0 bridgehead atoms. The Morgan fingerprint density at radius 3 is 2.31 bits per heavy atom. The number of hydrogen-bond donors (Lipinski definition) is 1. The standard InChI is InChI=1S/C12H25N3O/c1-5-6-11(13)12(16)15-7-9(2)14(4)10(3)8-15/h9-11H,5-8,13H2,1-4H3. The normalized spacial score (nSPS) is 29.2. The molecule has 1 aliphatic heterocycles. The lowest BCUT2D eigenvalue weighted by molar-refractivity contribution is -0.136. The largest absolute Gasteiger partial charge is 0.338 e. The maximum Gasteiger partial charge on any atom is 0.239 e. The van der Waals surface area contributed by atoms with E-state index in [-0.39, 0.29) is 11.9 Å². The van der Waals surface area contributed by atoms with E-state index in [0.717, 1.165) is 25.9 Å². The maximum absolute atomic E-state index is 12.1. The number of amides is 1. The predicted octanol–water partition coefficient (Wildman–Crippen LogP) is 0.665. The first-order chi connectivity index (χ1) is 7.47. The molecule has 1 amide bonds. The smallest absolute Gasteiger partial charge is 0.239 e. The van der Waals surface area contributed by atoms with Crippen LogP contribution >= 0.6 is 0 Å². The third kappa shape index (κ3) is 2.95. The summed E-state index contributed by atoms with van der Waals surface area (Å²) in [5, 5.41) is 0. The van der Waals surface area contributed by atoms with Crippen molar-refractivity contribution in [3.63, 3.8) is 0 Å². The number of piperazine rings is 1. The molecule has 0 aromatic heterocycles. The minimum atomic E-state index is -0.312. The second-order valence-corrected chi connectivity index (χ2v) is 5.00. The molecule has 4 nitrogen and oxygen atoms in total. The fourth-order valence-electron chi connectivity index (χ4n) is 2.25. The molecule has 16 heavy (non-hydrogen) atoms. The van der Waals surface area contributed by atoms with Crippen molar-refractivity contribution in [1.29, 1.82) is 0 Å². The molecule has 2 N–H and O–H groups in total. The summed E-state index contributed by atoms with van der Waals surface area (Å²) in [5.74, 6) is 0.119. The van der Waals surface area contributed by atoms with Gasteiger partial charge in [-0.15, -0.1) is 0 Å². The molecular weight excluding hydrogens is 202 g/mol. The third-order valence-electron chi connectivity index (χ3n) is 3.59. The zero-order chi connectivity index (χ0) is 12.3. The van der Waals surface area contributed by atoms with Gasteiger partial charge in [0, 0.05) is 25.2 Å². The molecule has 3 atom stereocenters. The van der Waals surface area contributed by atoms with Gasteiger partial charge in [0.15, 0.2) is 0 Å². The summed E-state index contributed by atoms with van der Waals surface area (Å²) in [6.45, 7) is 7.97. The molecule has 0 saturated carbocycles. The first-order valence-electron chi connectivity index (χ1n) is 6.23. The van der Waals surface area contributed by atoms with Crippen molar-refractivity contribution in [2.75, 3.05) is 20.1 Å².